The molecule has 26 heavy (non-hydrogen) atoms. The molecule has 3 heterocycles. The Bertz CT molecular complexity index is 857. The zero-order valence-electron chi connectivity index (χ0n) is 14.9. The van der Waals surface area contributed by atoms with Crippen LogP contribution in [0.4, 0.5) is 0 Å². The highest BCUT2D eigenvalue weighted by molar-refractivity contribution is 6.31. The number of aromatic nitrogens is 5. The molecule has 0 saturated carbocycles. The van der Waals surface area contributed by atoms with Crippen LogP contribution in [0.15, 0.2) is 43.0 Å². The molecule has 0 N–H and O–H groups in total. The fraction of sp³-hybridized carbons (Fsp3) is 0.421. The Hall–Kier alpha value is -2.18. The Morgan fingerprint density at radius 1 is 1.19 bits per heavy atom. The maximum absolute atomic E-state index is 6.33. The van der Waals surface area contributed by atoms with E-state index in [1.165, 1.54) is 12.0 Å². The summed E-state index contributed by atoms with van der Waals surface area (Å²) in [4.78, 5) is 6.56. The molecule has 1 fully saturated rings. The van der Waals surface area contributed by atoms with Crippen molar-refractivity contribution in [3.8, 4) is 0 Å². The average Bonchev–Trinajstić information content (AvgIpc) is 3.28. The number of likely N-dealkylation sites (tertiary alicyclic amines) is 1. The van der Waals surface area contributed by atoms with Gasteiger partial charge >= 0.3 is 0 Å². The van der Waals surface area contributed by atoms with Gasteiger partial charge in [0.15, 0.2) is 5.82 Å². The predicted molar refractivity (Wildman–Crippen MR) is 101 cm³/mol. The van der Waals surface area contributed by atoms with Crippen molar-refractivity contribution < 1.29 is 0 Å². The Morgan fingerprint density at radius 3 is 2.88 bits per heavy atom. The van der Waals surface area contributed by atoms with E-state index in [9.17, 15) is 0 Å². The molecule has 1 saturated heterocycles. The third-order valence-corrected chi connectivity index (χ3v) is 5.47. The van der Waals surface area contributed by atoms with Gasteiger partial charge in [0.25, 0.3) is 0 Å². The number of nitrogens with zero attached hydrogens (tertiary/aromatic N) is 6. The first-order valence-corrected chi connectivity index (χ1v) is 9.38. The van der Waals surface area contributed by atoms with Crippen molar-refractivity contribution in [1.82, 2.24) is 29.2 Å². The summed E-state index contributed by atoms with van der Waals surface area (Å²) in [7, 11) is 2.06. The van der Waals surface area contributed by atoms with Crippen molar-refractivity contribution in [3.05, 3.63) is 65.2 Å². The normalized spacial score (nSPS) is 18.3. The van der Waals surface area contributed by atoms with E-state index in [4.69, 9.17) is 11.6 Å². The van der Waals surface area contributed by atoms with Gasteiger partial charge in [0.2, 0.25) is 0 Å². The van der Waals surface area contributed by atoms with Crippen LogP contribution in [0, 0.1) is 0 Å². The smallest absolute Gasteiger partial charge is 0.152 e. The third-order valence-electron chi connectivity index (χ3n) is 5.10. The van der Waals surface area contributed by atoms with E-state index in [2.05, 4.69) is 37.8 Å². The minimum Gasteiger partial charge on any atom is -0.330 e. The maximum atomic E-state index is 6.33. The predicted octanol–water partition coefficient (Wildman–Crippen LogP) is 3.09. The molecule has 6 nitrogen and oxygen atoms in total. The molecule has 1 unspecified atom stereocenters. The first kappa shape index (κ1) is 17.2. The Balaban J connectivity index is 1.46. The molecule has 1 aromatic carbocycles. The van der Waals surface area contributed by atoms with Crippen molar-refractivity contribution in [2.24, 2.45) is 7.05 Å². The molecule has 1 aliphatic heterocycles. The van der Waals surface area contributed by atoms with E-state index >= 15 is 0 Å². The van der Waals surface area contributed by atoms with E-state index in [0.717, 1.165) is 42.7 Å². The molecule has 1 atom stereocenters. The molecule has 1 aliphatic rings. The first-order valence-electron chi connectivity index (χ1n) is 9.00. The van der Waals surface area contributed by atoms with Gasteiger partial charge in [-0.25, -0.2) is 4.98 Å². The molecule has 136 valence electrons. The minimum absolute atomic E-state index is 0.403. The topological polar surface area (TPSA) is 51.8 Å². The maximum Gasteiger partial charge on any atom is 0.152 e. The van der Waals surface area contributed by atoms with Gasteiger partial charge in [0.1, 0.15) is 5.82 Å². The zero-order chi connectivity index (χ0) is 17.9. The van der Waals surface area contributed by atoms with Crippen molar-refractivity contribution in [1.29, 1.82) is 0 Å². The summed E-state index contributed by atoms with van der Waals surface area (Å²) in [5.74, 6) is 2.44. The highest BCUT2D eigenvalue weighted by Crippen LogP contribution is 2.28. The van der Waals surface area contributed by atoms with E-state index in [0.29, 0.717) is 12.5 Å². The number of piperidine rings is 1. The first-order chi connectivity index (χ1) is 12.7. The van der Waals surface area contributed by atoms with Crippen LogP contribution in [0.3, 0.4) is 0 Å². The van der Waals surface area contributed by atoms with Crippen molar-refractivity contribution >= 4 is 11.6 Å². The highest BCUT2D eigenvalue weighted by Gasteiger charge is 2.26. The van der Waals surface area contributed by atoms with Crippen LogP contribution in [-0.4, -0.2) is 42.3 Å². The van der Waals surface area contributed by atoms with E-state index in [-0.39, 0.29) is 0 Å². The van der Waals surface area contributed by atoms with Crippen molar-refractivity contribution in [3.63, 3.8) is 0 Å². The molecule has 0 amide bonds. The van der Waals surface area contributed by atoms with Crippen molar-refractivity contribution in [2.45, 2.75) is 31.8 Å². The summed E-state index contributed by atoms with van der Waals surface area (Å²) in [5.41, 5.74) is 1.19. The van der Waals surface area contributed by atoms with Crippen LogP contribution in [0.25, 0.3) is 0 Å². The SMILES string of the molecule is Cn1c(Cn2ccnc2)nnc1C1CCCN(Cc2ccccc2Cl)C1. The standard InChI is InChI=1S/C19H23ClN6/c1-24-18(13-26-10-8-21-14-26)22-23-19(24)16-6-4-9-25(12-16)11-15-5-2-3-7-17(15)20/h2-3,5,7-8,10,14,16H,4,6,9,11-13H2,1H3. The van der Waals surface area contributed by atoms with Gasteiger partial charge in [-0.3, -0.25) is 4.90 Å². The summed E-state index contributed by atoms with van der Waals surface area (Å²) in [6.45, 7) is 3.67. The van der Waals surface area contributed by atoms with Crippen LogP contribution in [-0.2, 0) is 20.1 Å². The summed E-state index contributed by atoms with van der Waals surface area (Å²) >= 11 is 6.33. The second-order valence-electron chi connectivity index (χ2n) is 6.93. The third kappa shape index (κ3) is 3.66. The summed E-state index contributed by atoms with van der Waals surface area (Å²) in [6, 6.07) is 8.10. The van der Waals surface area contributed by atoms with Gasteiger partial charge in [-0.05, 0) is 31.0 Å². The highest BCUT2D eigenvalue weighted by atomic mass is 35.5. The molecule has 0 bridgehead atoms. The number of rotatable bonds is 5. The Kier molecular flexibility index (Phi) is 5.04. The number of imidazole rings is 1. The summed E-state index contributed by atoms with van der Waals surface area (Å²) in [5, 5.41) is 9.76. The summed E-state index contributed by atoms with van der Waals surface area (Å²) in [6.07, 6.45) is 7.85. The lowest BCUT2D eigenvalue weighted by molar-refractivity contribution is 0.195. The molecule has 7 heteroatoms. The molecule has 3 aromatic rings. The number of hydrogen-bond donors (Lipinski definition) is 0. The number of halogens is 1. The molecule has 0 spiro atoms. The molecule has 2 aromatic heterocycles. The van der Waals surface area contributed by atoms with Gasteiger partial charge in [0.05, 0.1) is 12.9 Å². The fourth-order valence-electron chi connectivity index (χ4n) is 3.69. The molecule has 0 radical (unpaired) electrons. The lowest BCUT2D eigenvalue weighted by Gasteiger charge is -2.32. The van der Waals surface area contributed by atoms with Gasteiger partial charge in [-0.1, -0.05) is 29.8 Å². The number of benzene rings is 1. The largest absolute Gasteiger partial charge is 0.330 e. The average molecular weight is 371 g/mol. The van der Waals surface area contributed by atoms with Crippen LogP contribution < -0.4 is 0 Å². The van der Waals surface area contributed by atoms with Crippen LogP contribution in [0.5, 0.6) is 0 Å². The Morgan fingerprint density at radius 2 is 2.08 bits per heavy atom. The second kappa shape index (κ2) is 7.60. The van der Waals surface area contributed by atoms with E-state index in [1.807, 2.05) is 29.0 Å². The van der Waals surface area contributed by atoms with Gasteiger partial charge < -0.3 is 9.13 Å². The second-order valence-corrected chi connectivity index (χ2v) is 7.34. The minimum atomic E-state index is 0.403. The van der Waals surface area contributed by atoms with Crippen LogP contribution in [0.2, 0.25) is 5.02 Å². The van der Waals surface area contributed by atoms with Gasteiger partial charge in [0, 0.05) is 43.5 Å². The van der Waals surface area contributed by atoms with Gasteiger partial charge in [-0.2, -0.15) is 0 Å². The van der Waals surface area contributed by atoms with E-state index in [1.54, 1.807) is 12.5 Å². The van der Waals surface area contributed by atoms with E-state index < -0.39 is 0 Å². The molecular weight excluding hydrogens is 348 g/mol. The number of hydrogen-bond acceptors (Lipinski definition) is 4. The fourth-order valence-corrected chi connectivity index (χ4v) is 3.89. The Labute approximate surface area is 158 Å². The molecule has 0 aliphatic carbocycles. The van der Waals surface area contributed by atoms with Gasteiger partial charge in [-0.15, -0.1) is 10.2 Å². The quantitative estimate of drug-likeness (QED) is 0.692. The zero-order valence-corrected chi connectivity index (χ0v) is 15.7. The summed E-state index contributed by atoms with van der Waals surface area (Å²) < 4.78 is 4.15. The molecular formula is C19H23ClN6. The lowest BCUT2D eigenvalue weighted by atomic mass is 9.96. The molecule has 4 rings (SSSR count). The van der Waals surface area contributed by atoms with Crippen LogP contribution >= 0.6 is 11.6 Å². The monoisotopic (exact) mass is 370 g/mol. The lowest BCUT2D eigenvalue weighted by Crippen LogP contribution is -2.35. The van der Waals surface area contributed by atoms with Crippen molar-refractivity contribution in [2.75, 3.05) is 13.1 Å². The van der Waals surface area contributed by atoms with Crippen LogP contribution in [0.1, 0.15) is 36.0 Å².